The third-order valence-electron chi connectivity index (χ3n) is 5.04. The molecule has 0 bridgehead atoms. The lowest BCUT2D eigenvalue weighted by Gasteiger charge is -2.22. The van der Waals surface area contributed by atoms with Gasteiger partial charge in [-0.15, -0.1) is 0 Å². The summed E-state index contributed by atoms with van der Waals surface area (Å²) in [5.74, 6) is -0.677. The summed E-state index contributed by atoms with van der Waals surface area (Å²) in [6, 6.07) is 21.0. The van der Waals surface area contributed by atoms with Crippen LogP contribution >= 0.6 is 15.9 Å². The molecule has 0 unspecified atom stereocenters. The summed E-state index contributed by atoms with van der Waals surface area (Å²) < 4.78 is 0.855. The second-order valence-corrected chi connectivity index (χ2v) is 7.98. The maximum atomic E-state index is 13.2. The van der Waals surface area contributed by atoms with E-state index in [1.807, 2.05) is 48.5 Å². The van der Waals surface area contributed by atoms with Gasteiger partial charge in [0.2, 0.25) is 0 Å². The van der Waals surface area contributed by atoms with Crippen molar-refractivity contribution in [3.63, 3.8) is 0 Å². The standard InChI is InChI=1S/C25H16BrNO4/c26-19-11-10-18-14-23(29)25(24(21(18)15-19)17-6-2-1-3-7-17)22(28)12-9-16-5-4-8-20(13-16)27(30)31/h1-13,15H,14H2. The number of hydrogen-bond donors (Lipinski definition) is 0. The number of ketones is 2. The molecule has 0 saturated carbocycles. The molecule has 0 saturated heterocycles. The van der Waals surface area contributed by atoms with Gasteiger partial charge in [0.25, 0.3) is 5.69 Å². The quantitative estimate of drug-likeness (QED) is 0.210. The molecule has 0 aromatic heterocycles. The van der Waals surface area contributed by atoms with Crippen LogP contribution in [0.15, 0.2) is 88.9 Å². The Labute approximate surface area is 187 Å². The number of nitrogens with zero attached hydrogens (tertiary/aromatic N) is 1. The van der Waals surface area contributed by atoms with Crippen molar-refractivity contribution in [1.29, 1.82) is 0 Å². The zero-order chi connectivity index (χ0) is 22.0. The number of nitro benzene ring substituents is 1. The number of allylic oxidation sites excluding steroid dienone is 2. The van der Waals surface area contributed by atoms with Crippen LogP contribution in [0.3, 0.4) is 0 Å². The molecule has 0 amide bonds. The second kappa shape index (κ2) is 8.62. The number of rotatable bonds is 5. The van der Waals surface area contributed by atoms with Crippen molar-refractivity contribution in [3.05, 3.63) is 121 Å². The molecular formula is C25H16BrNO4. The summed E-state index contributed by atoms with van der Waals surface area (Å²) in [4.78, 5) is 36.7. The summed E-state index contributed by atoms with van der Waals surface area (Å²) in [5.41, 5.74) is 3.66. The molecule has 0 N–H and O–H groups in total. The van der Waals surface area contributed by atoms with Crippen molar-refractivity contribution >= 4 is 44.8 Å². The van der Waals surface area contributed by atoms with Crippen molar-refractivity contribution in [3.8, 4) is 0 Å². The van der Waals surface area contributed by atoms with Crippen LogP contribution < -0.4 is 0 Å². The predicted molar refractivity (Wildman–Crippen MR) is 122 cm³/mol. The third-order valence-corrected chi connectivity index (χ3v) is 5.53. The number of non-ortho nitro benzene ring substituents is 1. The molecule has 6 heteroatoms. The first kappa shape index (κ1) is 20.6. The first-order valence-corrected chi connectivity index (χ1v) is 10.3. The molecular weight excluding hydrogens is 458 g/mol. The Morgan fingerprint density at radius 3 is 2.52 bits per heavy atom. The van der Waals surface area contributed by atoms with Gasteiger partial charge in [-0.1, -0.05) is 70.5 Å². The molecule has 0 aliphatic heterocycles. The number of fused-ring (bicyclic) bond motifs is 1. The summed E-state index contributed by atoms with van der Waals surface area (Å²) in [6.07, 6.45) is 2.94. The minimum atomic E-state index is -0.491. The first-order chi connectivity index (χ1) is 14.9. The monoisotopic (exact) mass is 473 g/mol. The molecule has 4 rings (SSSR count). The highest BCUT2D eigenvalue weighted by Crippen LogP contribution is 2.36. The van der Waals surface area contributed by atoms with Gasteiger partial charge >= 0.3 is 0 Å². The molecule has 0 radical (unpaired) electrons. The number of nitro groups is 1. The minimum absolute atomic E-state index is 0.0636. The van der Waals surface area contributed by atoms with Crippen LogP contribution in [0.25, 0.3) is 11.6 Å². The van der Waals surface area contributed by atoms with Crippen molar-refractivity contribution in [2.45, 2.75) is 6.42 Å². The fraction of sp³-hybridized carbons (Fsp3) is 0.0400. The molecule has 1 aliphatic rings. The van der Waals surface area contributed by atoms with Crippen LogP contribution in [-0.2, 0) is 16.0 Å². The summed E-state index contributed by atoms with van der Waals surface area (Å²) in [7, 11) is 0. The topological polar surface area (TPSA) is 77.3 Å². The first-order valence-electron chi connectivity index (χ1n) is 9.52. The van der Waals surface area contributed by atoms with Gasteiger partial charge in [0.1, 0.15) is 0 Å². The molecule has 152 valence electrons. The molecule has 3 aromatic rings. The van der Waals surface area contributed by atoms with Crippen LogP contribution in [0.4, 0.5) is 5.69 Å². The van der Waals surface area contributed by atoms with Crippen molar-refractivity contribution in [2.24, 2.45) is 0 Å². The Morgan fingerprint density at radius 2 is 1.77 bits per heavy atom. The highest BCUT2D eigenvalue weighted by Gasteiger charge is 2.29. The van der Waals surface area contributed by atoms with Crippen LogP contribution in [0.5, 0.6) is 0 Å². The van der Waals surface area contributed by atoms with Gasteiger partial charge in [-0.2, -0.15) is 0 Å². The Morgan fingerprint density at radius 1 is 1.00 bits per heavy atom. The van der Waals surface area contributed by atoms with Crippen LogP contribution in [-0.4, -0.2) is 16.5 Å². The van der Waals surface area contributed by atoms with E-state index in [4.69, 9.17) is 0 Å². The van der Waals surface area contributed by atoms with E-state index in [2.05, 4.69) is 15.9 Å². The summed E-state index contributed by atoms with van der Waals surface area (Å²) >= 11 is 3.48. The Balaban J connectivity index is 1.83. The van der Waals surface area contributed by atoms with Crippen molar-refractivity contribution < 1.29 is 14.5 Å². The van der Waals surface area contributed by atoms with E-state index < -0.39 is 10.7 Å². The molecule has 5 nitrogen and oxygen atoms in total. The lowest BCUT2D eigenvalue weighted by molar-refractivity contribution is -0.384. The maximum Gasteiger partial charge on any atom is 0.270 e. The molecule has 1 aliphatic carbocycles. The van der Waals surface area contributed by atoms with Crippen LogP contribution in [0.1, 0.15) is 22.3 Å². The van der Waals surface area contributed by atoms with Crippen molar-refractivity contribution in [1.82, 2.24) is 0 Å². The van der Waals surface area contributed by atoms with Crippen molar-refractivity contribution in [2.75, 3.05) is 0 Å². The fourth-order valence-corrected chi connectivity index (χ4v) is 3.99. The van der Waals surface area contributed by atoms with Crippen LogP contribution in [0, 0.1) is 10.1 Å². The largest absolute Gasteiger partial charge is 0.294 e. The van der Waals surface area contributed by atoms with Gasteiger partial charge < -0.3 is 0 Å². The molecule has 31 heavy (non-hydrogen) atoms. The third kappa shape index (κ3) is 4.29. The molecule has 0 atom stereocenters. The van der Waals surface area contributed by atoms with Gasteiger partial charge in [-0.25, -0.2) is 0 Å². The van der Waals surface area contributed by atoms with E-state index in [-0.39, 0.29) is 23.5 Å². The number of Topliss-reactive ketones (excluding diaryl/α,β-unsaturated/α-hetero) is 1. The van der Waals surface area contributed by atoms with Crippen LogP contribution in [0.2, 0.25) is 0 Å². The van der Waals surface area contributed by atoms with Gasteiger partial charge in [0.15, 0.2) is 11.6 Å². The zero-order valence-electron chi connectivity index (χ0n) is 16.2. The summed E-state index contributed by atoms with van der Waals surface area (Å²) in [5, 5.41) is 11.0. The highest BCUT2D eigenvalue weighted by atomic mass is 79.9. The molecule has 0 fully saturated rings. The zero-order valence-corrected chi connectivity index (χ0v) is 17.8. The second-order valence-electron chi connectivity index (χ2n) is 7.07. The smallest absolute Gasteiger partial charge is 0.270 e. The molecule has 3 aromatic carbocycles. The Kier molecular flexibility index (Phi) is 5.73. The average Bonchev–Trinajstić information content (AvgIpc) is 2.77. The number of carbonyl (C=O) groups excluding carboxylic acids is 2. The van der Waals surface area contributed by atoms with Gasteiger partial charge in [0.05, 0.1) is 10.5 Å². The maximum absolute atomic E-state index is 13.2. The SMILES string of the molecule is O=C(C=Cc1cccc([N+](=O)[O-])c1)C1=C(c2ccccc2)c2cc(Br)ccc2CC1=O. The van der Waals surface area contributed by atoms with Gasteiger partial charge in [-0.3, -0.25) is 19.7 Å². The molecule has 0 spiro atoms. The summed E-state index contributed by atoms with van der Waals surface area (Å²) in [6.45, 7) is 0. The van der Waals surface area contributed by atoms with E-state index in [0.29, 0.717) is 11.1 Å². The lowest BCUT2D eigenvalue weighted by Crippen LogP contribution is -2.21. The highest BCUT2D eigenvalue weighted by molar-refractivity contribution is 9.10. The van der Waals surface area contributed by atoms with Gasteiger partial charge in [0, 0.05) is 28.6 Å². The fourth-order valence-electron chi connectivity index (χ4n) is 3.63. The number of carbonyl (C=O) groups is 2. The van der Waals surface area contributed by atoms with E-state index in [0.717, 1.165) is 21.2 Å². The number of halogens is 1. The Bertz CT molecular complexity index is 1280. The molecule has 0 heterocycles. The normalized spacial score (nSPS) is 13.4. The predicted octanol–water partition coefficient (Wildman–Crippen LogP) is 5.57. The van der Waals surface area contributed by atoms with E-state index in [9.17, 15) is 19.7 Å². The number of benzene rings is 3. The van der Waals surface area contributed by atoms with E-state index in [1.165, 1.54) is 24.3 Å². The minimum Gasteiger partial charge on any atom is -0.294 e. The Hall–Kier alpha value is -3.64. The average molecular weight is 474 g/mol. The van der Waals surface area contributed by atoms with E-state index in [1.54, 1.807) is 12.1 Å². The van der Waals surface area contributed by atoms with Gasteiger partial charge in [-0.05, 0) is 40.5 Å². The lowest BCUT2D eigenvalue weighted by atomic mass is 9.80. The number of hydrogen-bond acceptors (Lipinski definition) is 4. The van der Waals surface area contributed by atoms with E-state index >= 15 is 0 Å².